The highest BCUT2D eigenvalue weighted by molar-refractivity contribution is 5.91. The molecule has 5 fully saturated rings. The molecule has 9 atom stereocenters. The molecule has 0 aliphatic heterocycles. The molecule has 0 radical (unpaired) electrons. The number of nitriles is 1. The van der Waals surface area contributed by atoms with Crippen molar-refractivity contribution in [3.8, 4) is 6.07 Å². The second-order valence-electron chi connectivity index (χ2n) is 11.1. The van der Waals surface area contributed by atoms with Crippen LogP contribution in [-0.2, 0) is 4.79 Å². The summed E-state index contributed by atoms with van der Waals surface area (Å²) in [4.78, 5) is 12.1. The molecule has 2 nitrogen and oxygen atoms in total. The zero-order chi connectivity index (χ0) is 17.8. The van der Waals surface area contributed by atoms with E-state index in [0.29, 0.717) is 29.0 Å². The molecule has 0 amide bonds. The summed E-state index contributed by atoms with van der Waals surface area (Å²) in [6.45, 7) is 5.10. The first-order chi connectivity index (χ1) is 12.5. The lowest BCUT2D eigenvalue weighted by atomic mass is 9.41. The van der Waals surface area contributed by atoms with Gasteiger partial charge in [-0.15, -0.1) is 0 Å². The van der Waals surface area contributed by atoms with Crippen molar-refractivity contribution in [2.24, 2.45) is 58.2 Å². The Hall–Kier alpha value is -1.10. The van der Waals surface area contributed by atoms with E-state index in [1.165, 1.54) is 44.1 Å². The molecule has 6 aliphatic carbocycles. The fraction of sp³-hybridized carbons (Fsp3) is 0.833. The standard InChI is InChI=1S/C24H31NO/c1-23-8-7-17-16-6-5-15(26)9-14(16)10-18(13-3-4-13)22(17)24(23,2)20-11-19(20)21(23)12-25/h9,13,16-22H,3-8,10-11H2,1-2H3. The molecule has 0 saturated heterocycles. The molecule has 0 aromatic heterocycles. The predicted molar refractivity (Wildman–Crippen MR) is 99.8 cm³/mol. The van der Waals surface area contributed by atoms with E-state index in [9.17, 15) is 10.1 Å². The van der Waals surface area contributed by atoms with E-state index in [1.807, 2.05) is 0 Å². The van der Waals surface area contributed by atoms with Crippen molar-refractivity contribution in [2.45, 2.75) is 65.2 Å². The SMILES string of the molecule is CC12CCC3C4CCC(=O)C=C4CC(C4CC4)C3C1(C)C1CC1C2C#N. The number of carbonyl (C=O) groups excluding carboxylic acids is 1. The van der Waals surface area contributed by atoms with E-state index >= 15 is 0 Å². The third-order valence-corrected chi connectivity index (χ3v) is 10.4. The van der Waals surface area contributed by atoms with E-state index in [1.54, 1.807) is 0 Å². The van der Waals surface area contributed by atoms with Crippen LogP contribution >= 0.6 is 0 Å². The number of allylic oxidation sites excluding steroid dienone is 1. The highest BCUT2D eigenvalue weighted by Gasteiger charge is 2.76. The molecule has 0 bridgehead atoms. The van der Waals surface area contributed by atoms with Gasteiger partial charge in [0.1, 0.15) is 0 Å². The van der Waals surface area contributed by atoms with Crippen molar-refractivity contribution in [1.29, 1.82) is 5.26 Å². The summed E-state index contributed by atoms with van der Waals surface area (Å²) in [5, 5.41) is 9.99. The third-order valence-electron chi connectivity index (χ3n) is 10.4. The topological polar surface area (TPSA) is 40.9 Å². The van der Waals surface area contributed by atoms with Crippen LogP contribution in [0.3, 0.4) is 0 Å². The lowest BCUT2D eigenvalue weighted by molar-refractivity contribution is -0.134. The third kappa shape index (κ3) is 1.72. The van der Waals surface area contributed by atoms with E-state index < -0.39 is 0 Å². The Morgan fingerprint density at radius 3 is 2.65 bits per heavy atom. The lowest BCUT2D eigenvalue weighted by Crippen LogP contribution is -2.57. The van der Waals surface area contributed by atoms with Crippen molar-refractivity contribution in [1.82, 2.24) is 0 Å². The second kappa shape index (κ2) is 4.84. The molecule has 2 heteroatoms. The zero-order valence-corrected chi connectivity index (χ0v) is 16.2. The molecule has 6 rings (SSSR count). The van der Waals surface area contributed by atoms with Gasteiger partial charge in [0.2, 0.25) is 0 Å². The van der Waals surface area contributed by atoms with Crippen molar-refractivity contribution >= 4 is 5.78 Å². The van der Waals surface area contributed by atoms with Crippen LogP contribution in [0.1, 0.15) is 65.2 Å². The minimum Gasteiger partial charge on any atom is -0.295 e. The highest BCUT2D eigenvalue weighted by Crippen LogP contribution is 2.81. The van der Waals surface area contributed by atoms with Crippen LogP contribution in [0.4, 0.5) is 0 Å². The van der Waals surface area contributed by atoms with Crippen LogP contribution < -0.4 is 0 Å². The van der Waals surface area contributed by atoms with Crippen LogP contribution in [0.25, 0.3) is 0 Å². The van der Waals surface area contributed by atoms with Gasteiger partial charge in [0.05, 0.1) is 12.0 Å². The summed E-state index contributed by atoms with van der Waals surface area (Å²) in [5.41, 5.74) is 2.12. The molecule has 6 aliphatic rings. The average Bonchev–Trinajstić information content (AvgIpc) is 3.51. The summed E-state index contributed by atoms with van der Waals surface area (Å²) in [7, 11) is 0. The van der Waals surface area contributed by atoms with Gasteiger partial charge in [0.15, 0.2) is 5.78 Å². The summed E-state index contributed by atoms with van der Waals surface area (Å²) in [6.07, 6.45) is 11.8. The summed E-state index contributed by atoms with van der Waals surface area (Å²) in [5.74, 6) is 6.12. The number of hydrogen-bond acceptors (Lipinski definition) is 2. The first-order valence-electron chi connectivity index (χ1n) is 11.1. The Labute approximate surface area is 157 Å². The Morgan fingerprint density at radius 2 is 1.92 bits per heavy atom. The average molecular weight is 350 g/mol. The van der Waals surface area contributed by atoms with Crippen LogP contribution in [0, 0.1) is 69.5 Å². The normalized spacial score (nSPS) is 57.2. The number of hydrogen-bond donors (Lipinski definition) is 0. The van der Waals surface area contributed by atoms with Crippen molar-refractivity contribution in [2.75, 3.05) is 0 Å². The number of fused-ring (bicyclic) bond motifs is 7. The van der Waals surface area contributed by atoms with Gasteiger partial charge >= 0.3 is 0 Å². The van der Waals surface area contributed by atoms with E-state index in [0.717, 1.165) is 42.4 Å². The Bertz CT molecular complexity index is 757. The molecule has 0 spiro atoms. The maximum Gasteiger partial charge on any atom is 0.155 e. The quantitative estimate of drug-likeness (QED) is 0.657. The van der Waals surface area contributed by atoms with Gasteiger partial charge in [-0.1, -0.05) is 19.4 Å². The fourth-order valence-corrected chi connectivity index (χ4v) is 9.05. The van der Waals surface area contributed by atoms with Gasteiger partial charge in [-0.05, 0) is 103 Å². The van der Waals surface area contributed by atoms with Crippen molar-refractivity contribution < 1.29 is 4.79 Å². The van der Waals surface area contributed by atoms with Crippen LogP contribution in [0.5, 0.6) is 0 Å². The van der Waals surface area contributed by atoms with Gasteiger partial charge in [-0.2, -0.15) is 5.26 Å². The minimum atomic E-state index is 0.231. The first kappa shape index (κ1) is 15.9. The largest absolute Gasteiger partial charge is 0.295 e. The lowest BCUT2D eigenvalue weighted by Gasteiger charge is -2.63. The summed E-state index contributed by atoms with van der Waals surface area (Å²) >= 11 is 0. The van der Waals surface area contributed by atoms with Gasteiger partial charge in [-0.3, -0.25) is 4.79 Å². The zero-order valence-electron chi connectivity index (χ0n) is 16.2. The van der Waals surface area contributed by atoms with Gasteiger partial charge in [-0.25, -0.2) is 0 Å². The number of rotatable bonds is 1. The summed E-state index contributed by atoms with van der Waals surface area (Å²) in [6, 6.07) is 2.78. The summed E-state index contributed by atoms with van der Waals surface area (Å²) < 4.78 is 0. The maximum atomic E-state index is 12.1. The molecule has 26 heavy (non-hydrogen) atoms. The van der Waals surface area contributed by atoms with Gasteiger partial charge in [0, 0.05) is 6.42 Å². The first-order valence-corrected chi connectivity index (χ1v) is 11.1. The molecule has 0 aromatic carbocycles. The highest BCUT2D eigenvalue weighted by atomic mass is 16.1. The Kier molecular flexibility index (Phi) is 2.96. The molecule has 0 aromatic rings. The predicted octanol–water partition coefficient (Wildman–Crippen LogP) is 5.15. The second-order valence-corrected chi connectivity index (χ2v) is 11.1. The van der Waals surface area contributed by atoms with Gasteiger partial charge < -0.3 is 0 Å². The van der Waals surface area contributed by atoms with Crippen LogP contribution in [-0.4, -0.2) is 5.78 Å². The Balaban J connectivity index is 1.47. The van der Waals surface area contributed by atoms with Crippen LogP contribution in [0.15, 0.2) is 11.6 Å². The van der Waals surface area contributed by atoms with Gasteiger partial charge in [0.25, 0.3) is 0 Å². The molecule has 9 unspecified atom stereocenters. The molecule has 0 heterocycles. The van der Waals surface area contributed by atoms with Crippen molar-refractivity contribution in [3.63, 3.8) is 0 Å². The fourth-order valence-electron chi connectivity index (χ4n) is 9.05. The number of ketones is 1. The van der Waals surface area contributed by atoms with Crippen LogP contribution in [0.2, 0.25) is 0 Å². The molecule has 0 N–H and O–H groups in total. The van der Waals surface area contributed by atoms with Crippen molar-refractivity contribution in [3.05, 3.63) is 11.6 Å². The number of nitrogens with zero attached hydrogens (tertiary/aromatic N) is 1. The maximum absolute atomic E-state index is 12.1. The monoisotopic (exact) mass is 349 g/mol. The molecule has 138 valence electrons. The smallest absolute Gasteiger partial charge is 0.155 e. The van der Waals surface area contributed by atoms with E-state index in [-0.39, 0.29) is 5.41 Å². The molecular formula is C24H31NO. The Morgan fingerprint density at radius 1 is 1.12 bits per heavy atom. The van der Waals surface area contributed by atoms with E-state index in [2.05, 4.69) is 26.0 Å². The molecule has 5 saturated carbocycles. The van der Waals surface area contributed by atoms with E-state index in [4.69, 9.17) is 0 Å². The molecular weight excluding hydrogens is 318 g/mol. The number of carbonyl (C=O) groups is 1. The minimum absolute atomic E-state index is 0.231.